The predicted molar refractivity (Wildman–Crippen MR) is 147 cm³/mol. The van der Waals surface area contributed by atoms with Crippen molar-refractivity contribution >= 4 is 39.1 Å². The van der Waals surface area contributed by atoms with Gasteiger partial charge in [0.15, 0.2) is 0 Å². The topological polar surface area (TPSA) is 86.8 Å². The molecule has 0 aliphatic rings. The zero-order valence-electron chi connectivity index (χ0n) is 21.7. The maximum atomic E-state index is 13.4. The van der Waals surface area contributed by atoms with Crippen LogP contribution in [0.3, 0.4) is 0 Å². The SMILES string of the molecule is CCCCNC(=O)[C@@H](CC)N(Cc1ccc(C)cc1)C(=O)CCCN(c1cccc(Cl)c1)S(C)(=O)=O. The summed E-state index contributed by atoms with van der Waals surface area (Å²) >= 11 is 6.06. The molecule has 0 unspecified atom stereocenters. The Morgan fingerprint density at radius 2 is 1.75 bits per heavy atom. The van der Waals surface area contributed by atoms with Crippen molar-refractivity contribution in [2.75, 3.05) is 23.7 Å². The van der Waals surface area contributed by atoms with Crippen molar-refractivity contribution in [2.24, 2.45) is 0 Å². The van der Waals surface area contributed by atoms with Gasteiger partial charge in [0.1, 0.15) is 6.04 Å². The summed E-state index contributed by atoms with van der Waals surface area (Å²) in [6, 6.07) is 13.9. The van der Waals surface area contributed by atoms with Crippen LogP contribution >= 0.6 is 11.6 Å². The van der Waals surface area contributed by atoms with Crippen molar-refractivity contribution in [3.63, 3.8) is 0 Å². The molecule has 9 heteroatoms. The lowest BCUT2D eigenvalue weighted by Gasteiger charge is -2.31. The molecule has 1 N–H and O–H groups in total. The van der Waals surface area contributed by atoms with Crippen molar-refractivity contribution in [3.8, 4) is 0 Å². The molecule has 0 saturated carbocycles. The standard InChI is InChI=1S/C27H38ClN3O4S/c1-5-7-17-29-27(33)25(6-2)30(20-22-15-13-21(3)14-16-22)26(32)12-9-18-31(36(4,34)35)24-11-8-10-23(28)19-24/h8,10-11,13-16,19,25H,5-7,9,12,17-18,20H2,1-4H3,(H,29,33)/t25-/m1/s1. The number of halogens is 1. The highest BCUT2D eigenvalue weighted by atomic mass is 35.5. The van der Waals surface area contributed by atoms with E-state index >= 15 is 0 Å². The Hall–Kier alpha value is -2.58. The molecular formula is C27H38ClN3O4S. The van der Waals surface area contributed by atoms with Crippen molar-refractivity contribution in [1.29, 1.82) is 0 Å². The van der Waals surface area contributed by atoms with Crippen LogP contribution in [0.15, 0.2) is 48.5 Å². The number of aryl methyl sites for hydroxylation is 1. The molecule has 7 nitrogen and oxygen atoms in total. The van der Waals surface area contributed by atoms with E-state index in [2.05, 4.69) is 12.2 Å². The molecule has 0 saturated heterocycles. The van der Waals surface area contributed by atoms with Gasteiger partial charge in [-0.25, -0.2) is 8.42 Å². The molecule has 2 rings (SSSR count). The molecule has 0 aliphatic carbocycles. The van der Waals surface area contributed by atoms with Gasteiger partial charge in [0.2, 0.25) is 21.8 Å². The van der Waals surface area contributed by atoms with E-state index in [9.17, 15) is 18.0 Å². The number of nitrogens with one attached hydrogen (secondary N) is 1. The van der Waals surface area contributed by atoms with Crippen LogP contribution in [-0.4, -0.2) is 50.5 Å². The van der Waals surface area contributed by atoms with E-state index in [0.717, 1.165) is 30.2 Å². The Labute approximate surface area is 220 Å². The smallest absolute Gasteiger partial charge is 0.242 e. The number of sulfonamides is 1. The summed E-state index contributed by atoms with van der Waals surface area (Å²) in [4.78, 5) is 28.0. The van der Waals surface area contributed by atoms with Crippen LogP contribution in [0.2, 0.25) is 5.02 Å². The van der Waals surface area contributed by atoms with Crippen LogP contribution in [0, 0.1) is 6.92 Å². The Morgan fingerprint density at radius 1 is 1.06 bits per heavy atom. The molecule has 0 heterocycles. The maximum absolute atomic E-state index is 13.4. The van der Waals surface area contributed by atoms with Gasteiger partial charge in [-0.05, 0) is 49.9 Å². The van der Waals surface area contributed by atoms with Gasteiger partial charge in [-0.15, -0.1) is 0 Å². The largest absolute Gasteiger partial charge is 0.354 e. The molecule has 2 amide bonds. The molecule has 0 radical (unpaired) electrons. The molecular weight excluding hydrogens is 498 g/mol. The molecule has 2 aromatic rings. The van der Waals surface area contributed by atoms with E-state index in [-0.39, 0.29) is 24.8 Å². The number of anilines is 1. The zero-order chi connectivity index (χ0) is 26.7. The summed E-state index contributed by atoms with van der Waals surface area (Å²) < 4.78 is 26.1. The summed E-state index contributed by atoms with van der Waals surface area (Å²) in [5.74, 6) is -0.351. The molecule has 0 aromatic heterocycles. The van der Waals surface area contributed by atoms with Gasteiger partial charge < -0.3 is 10.2 Å². The van der Waals surface area contributed by atoms with E-state index in [4.69, 9.17) is 11.6 Å². The van der Waals surface area contributed by atoms with Crippen molar-refractivity contribution in [2.45, 2.75) is 65.5 Å². The first-order valence-corrected chi connectivity index (χ1v) is 14.7. The lowest BCUT2D eigenvalue weighted by atomic mass is 10.1. The highest BCUT2D eigenvalue weighted by molar-refractivity contribution is 7.92. The number of hydrogen-bond acceptors (Lipinski definition) is 4. The Kier molecular flexibility index (Phi) is 11.7. The van der Waals surface area contributed by atoms with E-state index < -0.39 is 16.1 Å². The first kappa shape index (κ1) is 29.6. The van der Waals surface area contributed by atoms with E-state index in [1.807, 2.05) is 38.1 Å². The fraction of sp³-hybridized carbons (Fsp3) is 0.481. The molecule has 1 atom stereocenters. The van der Waals surface area contributed by atoms with E-state index in [0.29, 0.717) is 36.6 Å². The monoisotopic (exact) mass is 535 g/mol. The summed E-state index contributed by atoms with van der Waals surface area (Å²) in [7, 11) is -3.57. The van der Waals surface area contributed by atoms with Crippen molar-refractivity contribution in [1.82, 2.24) is 10.2 Å². The fourth-order valence-corrected chi connectivity index (χ4v) is 5.09. The van der Waals surface area contributed by atoms with Gasteiger partial charge in [-0.1, -0.05) is 67.8 Å². The van der Waals surface area contributed by atoms with Crippen LogP contribution in [0.5, 0.6) is 0 Å². The molecule has 0 fully saturated rings. The molecule has 198 valence electrons. The highest BCUT2D eigenvalue weighted by Crippen LogP contribution is 2.23. The number of carbonyl (C=O) groups is 2. The Balaban J connectivity index is 2.19. The van der Waals surface area contributed by atoms with Gasteiger partial charge in [0.25, 0.3) is 0 Å². The average Bonchev–Trinajstić information content (AvgIpc) is 2.82. The number of unbranched alkanes of at least 4 members (excludes halogenated alkanes) is 1. The third-order valence-corrected chi connectivity index (χ3v) is 7.37. The van der Waals surface area contributed by atoms with Crippen LogP contribution in [-0.2, 0) is 26.2 Å². The maximum Gasteiger partial charge on any atom is 0.242 e. The zero-order valence-corrected chi connectivity index (χ0v) is 23.2. The first-order chi connectivity index (χ1) is 17.1. The molecule has 0 bridgehead atoms. The fourth-order valence-electron chi connectivity index (χ4n) is 3.95. The summed E-state index contributed by atoms with van der Waals surface area (Å²) in [6.45, 7) is 6.95. The van der Waals surface area contributed by atoms with Crippen LogP contribution in [0.25, 0.3) is 0 Å². The second kappa shape index (κ2) is 14.2. The Morgan fingerprint density at radius 3 is 2.33 bits per heavy atom. The second-order valence-corrected chi connectivity index (χ2v) is 11.3. The van der Waals surface area contributed by atoms with Gasteiger partial charge >= 0.3 is 0 Å². The minimum absolute atomic E-state index is 0.108. The Bertz CT molecular complexity index is 1110. The number of rotatable bonds is 14. The van der Waals surface area contributed by atoms with Crippen LogP contribution in [0.1, 0.15) is 57.1 Å². The van der Waals surface area contributed by atoms with Gasteiger partial charge in [-0.3, -0.25) is 13.9 Å². The molecule has 2 aromatic carbocycles. The number of hydrogen-bond donors (Lipinski definition) is 1. The van der Waals surface area contributed by atoms with E-state index in [1.54, 1.807) is 29.2 Å². The summed E-state index contributed by atoms with van der Waals surface area (Å²) in [5, 5.41) is 3.38. The number of carbonyl (C=O) groups excluding carboxylic acids is 2. The van der Waals surface area contributed by atoms with Crippen molar-refractivity contribution in [3.05, 3.63) is 64.7 Å². The van der Waals surface area contributed by atoms with Crippen LogP contribution < -0.4 is 9.62 Å². The molecule has 0 spiro atoms. The first-order valence-electron chi connectivity index (χ1n) is 12.4. The highest BCUT2D eigenvalue weighted by Gasteiger charge is 2.28. The molecule has 0 aliphatic heterocycles. The average molecular weight is 536 g/mol. The van der Waals surface area contributed by atoms with Crippen molar-refractivity contribution < 1.29 is 18.0 Å². The summed E-state index contributed by atoms with van der Waals surface area (Å²) in [6.07, 6.45) is 3.86. The minimum Gasteiger partial charge on any atom is -0.354 e. The lowest BCUT2D eigenvalue weighted by molar-refractivity contribution is -0.141. The molecule has 36 heavy (non-hydrogen) atoms. The number of benzene rings is 2. The minimum atomic E-state index is -3.57. The summed E-state index contributed by atoms with van der Waals surface area (Å²) in [5.41, 5.74) is 2.50. The third kappa shape index (κ3) is 9.13. The predicted octanol–water partition coefficient (Wildman–Crippen LogP) is 4.92. The van der Waals surface area contributed by atoms with Crippen LogP contribution in [0.4, 0.5) is 5.69 Å². The quantitative estimate of drug-likeness (QED) is 0.348. The third-order valence-electron chi connectivity index (χ3n) is 5.94. The number of amides is 2. The van der Waals surface area contributed by atoms with E-state index in [1.165, 1.54) is 4.31 Å². The van der Waals surface area contributed by atoms with Gasteiger partial charge in [0.05, 0.1) is 11.9 Å². The van der Waals surface area contributed by atoms with Gasteiger partial charge in [-0.2, -0.15) is 0 Å². The normalized spacial score (nSPS) is 12.1. The second-order valence-electron chi connectivity index (χ2n) is 8.99. The number of nitrogens with zero attached hydrogens (tertiary/aromatic N) is 2. The lowest BCUT2D eigenvalue weighted by Crippen LogP contribution is -2.49. The van der Waals surface area contributed by atoms with Gasteiger partial charge in [0, 0.05) is 31.1 Å².